The first kappa shape index (κ1) is 43.7. The molecule has 22 atom stereocenters. The van der Waals surface area contributed by atoms with Crippen LogP contribution in [0.3, 0.4) is 0 Å². The van der Waals surface area contributed by atoms with Crippen LogP contribution in [0.4, 0.5) is 0 Å². The molecule has 55 heavy (non-hydrogen) atoms. The van der Waals surface area contributed by atoms with Gasteiger partial charge in [-0.25, -0.2) is 0 Å². The van der Waals surface area contributed by atoms with Crippen LogP contribution in [-0.2, 0) is 23.7 Å². The maximum Gasteiger partial charge on any atom is 0.187 e. The molecular formula is C40H68O15. The molecule has 10 N–H and O–H groups in total. The van der Waals surface area contributed by atoms with Gasteiger partial charge in [-0.05, 0) is 72.5 Å². The van der Waals surface area contributed by atoms with Crippen molar-refractivity contribution in [3.63, 3.8) is 0 Å². The second kappa shape index (κ2) is 16.7. The molecule has 0 bridgehead atoms. The number of rotatable bonds is 12. The molecule has 6 aliphatic rings. The maximum absolute atomic E-state index is 12.6. The number of allylic oxidation sites excluding steroid dienone is 1. The fourth-order valence-electron chi connectivity index (χ4n) is 12.2. The molecule has 0 spiro atoms. The minimum atomic E-state index is -1.46. The number of ether oxygens (including phenoxy) is 5. The van der Waals surface area contributed by atoms with Gasteiger partial charge in [-0.2, -0.15) is 0 Å². The summed E-state index contributed by atoms with van der Waals surface area (Å²) in [4.78, 5) is 0. The number of fused-ring (bicyclic) bond motifs is 5. The highest BCUT2D eigenvalue weighted by Gasteiger charge is 2.72. The molecule has 318 valence electrons. The fraction of sp³-hybridized carbons (Fsp3) is 0.950. The second-order valence-corrected chi connectivity index (χ2v) is 18.6. The lowest BCUT2D eigenvalue weighted by molar-refractivity contribution is -0.308. The van der Waals surface area contributed by atoms with Crippen LogP contribution in [0.15, 0.2) is 12.2 Å². The second-order valence-electron chi connectivity index (χ2n) is 18.6. The number of aliphatic hydroxyl groups is 10. The summed E-state index contributed by atoms with van der Waals surface area (Å²) >= 11 is 0. The van der Waals surface area contributed by atoms with E-state index in [0.717, 1.165) is 0 Å². The van der Waals surface area contributed by atoms with Crippen LogP contribution in [0.5, 0.6) is 0 Å². The summed E-state index contributed by atoms with van der Waals surface area (Å²) in [5, 5.41) is 110. The van der Waals surface area contributed by atoms with Crippen molar-refractivity contribution >= 4 is 0 Å². The Labute approximate surface area is 324 Å². The summed E-state index contributed by atoms with van der Waals surface area (Å²) in [6.45, 7) is 9.35. The molecule has 2 aliphatic heterocycles. The largest absolute Gasteiger partial charge is 0.394 e. The van der Waals surface area contributed by atoms with E-state index in [0.29, 0.717) is 32.1 Å². The molecule has 2 saturated heterocycles. The van der Waals surface area contributed by atoms with Crippen LogP contribution in [-0.4, -0.2) is 163 Å². The SMILES string of the molecule is COC1C(OC2C(OCC(C=CC(C)C3C(O)C(O)C4C3(C)CCC3C5(C)CCC(O)CC5C(O)CC34O)C(C)C)OC(C(O)CO)C2O)OCC(O)C1O. The quantitative estimate of drug-likeness (QED) is 0.111. The van der Waals surface area contributed by atoms with Gasteiger partial charge in [-0.15, -0.1) is 0 Å². The lowest BCUT2D eigenvalue weighted by Gasteiger charge is -2.65. The van der Waals surface area contributed by atoms with Crippen LogP contribution in [0.25, 0.3) is 0 Å². The highest BCUT2D eigenvalue weighted by atomic mass is 16.8. The van der Waals surface area contributed by atoms with Crippen molar-refractivity contribution in [2.75, 3.05) is 26.9 Å². The van der Waals surface area contributed by atoms with Crippen molar-refractivity contribution in [2.24, 2.45) is 52.3 Å². The first-order chi connectivity index (χ1) is 25.8. The minimum absolute atomic E-state index is 0.0502. The van der Waals surface area contributed by atoms with Gasteiger partial charge in [0.1, 0.15) is 42.7 Å². The van der Waals surface area contributed by atoms with E-state index >= 15 is 0 Å². The van der Waals surface area contributed by atoms with Crippen molar-refractivity contribution in [1.29, 1.82) is 0 Å². The molecule has 15 heteroatoms. The molecule has 0 aromatic carbocycles. The molecule has 0 aromatic heterocycles. The third kappa shape index (κ3) is 7.61. The van der Waals surface area contributed by atoms with E-state index < -0.39 is 115 Å². The van der Waals surface area contributed by atoms with Gasteiger partial charge >= 0.3 is 0 Å². The van der Waals surface area contributed by atoms with Crippen molar-refractivity contribution in [3.8, 4) is 0 Å². The lowest BCUT2D eigenvalue weighted by atomic mass is 9.42. The molecule has 0 aromatic rings. The Morgan fingerprint density at radius 2 is 1.53 bits per heavy atom. The third-order valence-electron chi connectivity index (χ3n) is 15.2. The van der Waals surface area contributed by atoms with E-state index in [1.165, 1.54) is 7.11 Å². The smallest absolute Gasteiger partial charge is 0.187 e. The molecular weight excluding hydrogens is 720 g/mol. The van der Waals surface area contributed by atoms with Gasteiger partial charge in [0.15, 0.2) is 12.6 Å². The Bertz CT molecular complexity index is 1320. The van der Waals surface area contributed by atoms with Crippen molar-refractivity contribution in [1.82, 2.24) is 0 Å². The average Bonchev–Trinajstić information content (AvgIpc) is 3.54. The summed E-state index contributed by atoms with van der Waals surface area (Å²) in [6.07, 6.45) is -7.81. The molecule has 4 saturated carbocycles. The zero-order valence-corrected chi connectivity index (χ0v) is 33.1. The van der Waals surface area contributed by atoms with Gasteiger partial charge in [0.25, 0.3) is 0 Å². The van der Waals surface area contributed by atoms with Gasteiger partial charge in [0.2, 0.25) is 0 Å². The summed E-state index contributed by atoms with van der Waals surface area (Å²) in [7, 11) is 1.32. The highest BCUT2D eigenvalue weighted by molar-refractivity contribution is 5.22. The van der Waals surface area contributed by atoms with Crippen LogP contribution in [0, 0.1) is 52.3 Å². The minimum Gasteiger partial charge on any atom is -0.394 e. The lowest BCUT2D eigenvalue weighted by Crippen LogP contribution is -2.68. The Morgan fingerprint density at radius 1 is 0.836 bits per heavy atom. The van der Waals surface area contributed by atoms with Gasteiger partial charge in [0.05, 0.1) is 49.8 Å². The van der Waals surface area contributed by atoms with Crippen molar-refractivity contribution < 1.29 is 74.7 Å². The third-order valence-corrected chi connectivity index (χ3v) is 15.2. The number of hydrogen-bond donors (Lipinski definition) is 10. The molecule has 0 amide bonds. The molecule has 6 fully saturated rings. The van der Waals surface area contributed by atoms with Crippen LogP contribution in [0.2, 0.25) is 0 Å². The zero-order chi connectivity index (χ0) is 40.4. The predicted molar refractivity (Wildman–Crippen MR) is 195 cm³/mol. The van der Waals surface area contributed by atoms with Gasteiger partial charge in [-0.1, -0.05) is 46.8 Å². The average molecular weight is 789 g/mol. The fourth-order valence-corrected chi connectivity index (χ4v) is 12.2. The Kier molecular flexibility index (Phi) is 13.2. The number of hydrogen-bond acceptors (Lipinski definition) is 15. The van der Waals surface area contributed by atoms with E-state index in [2.05, 4.69) is 13.8 Å². The van der Waals surface area contributed by atoms with E-state index in [-0.39, 0.29) is 49.2 Å². The van der Waals surface area contributed by atoms with Crippen LogP contribution < -0.4 is 0 Å². The first-order valence-electron chi connectivity index (χ1n) is 20.4. The monoisotopic (exact) mass is 788 g/mol. The highest BCUT2D eigenvalue weighted by Crippen LogP contribution is 2.69. The van der Waals surface area contributed by atoms with Gasteiger partial charge < -0.3 is 74.7 Å². The summed E-state index contributed by atoms with van der Waals surface area (Å²) in [5.74, 6) is -1.77. The van der Waals surface area contributed by atoms with E-state index in [4.69, 9.17) is 23.7 Å². The summed E-state index contributed by atoms with van der Waals surface area (Å²) in [5.41, 5.74) is -2.42. The van der Waals surface area contributed by atoms with E-state index in [9.17, 15) is 51.1 Å². The molecule has 15 nitrogen and oxygen atoms in total. The molecule has 4 aliphatic carbocycles. The summed E-state index contributed by atoms with van der Waals surface area (Å²) in [6, 6.07) is 0. The normalized spacial score (nSPS) is 51.8. The van der Waals surface area contributed by atoms with Gasteiger partial charge in [0, 0.05) is 25.4 Å². The van der Waals surface area contributed by atoms with Crippen LogP contribution >= 0.6 is 0 Å². The zero-order valence-electron chi connectivity index (χ0n) is 33.1. The predicted octanol–water partition coefficient (Wildman–Crippen LogP) is -0.568. The van der Waals surface area contributed by atoms with E-state index in [1.807, 2.05) is 32.9 Å². The van der Waals surface area contributed by atoms with Crippen molar-refractivity contribution in [2.45, 2.75) is 158 Å². The number of aliphatic hydroxyl groups excluding tert-OH is 9. The Balaban J connectivity index is 1.17. The maximum atomic E-state index is 12.6. The van der Waals surface area contributed by atoms with Crippen LogP contribution in [0.1, 0.15) is 73.1 Å². The molecule has 6 rings (SSSR count). The Morgan fingerprint density at radius 3 is 2.18 bits per heavy atom. The number of methoxy groups -OCH3 is 1. The molecule has 0 radical (unpaired) electrons. The molecule has 22 unspecified atom stereocenters. The van der Waals surface area contributed by atoms with E-state index in [1.54, 1.807) is 0 Å². The topological polar surface area (TPSA) is 248 Å². The molecule has 2 heterocycles. The standard InChI is InChI=1S/C40H68O15/c1-18(2)20(16-52-37-34(31(49)32(54-37)24(44)15-41)55-36-33(51-6)28(46)25(45)17-53-36)8-7-19(3)27-29(47)30(48)35-39(27,5)12-10-26-38(4)11-9-21(42)13-22(38)23(43)14-40(26,35)50/h7-8,18-37,41-50H,9-17H2,1-6H3. The van der Waals surface area contributed by atoms with Crippen molar-refractivity contribution in [3.05, 3.63) is 12.2 Å². The summed E-state index contributed by atoms with van der Waals surface area (Å²) < 4.78 is 29.0. The van der Waals surface area contributed by atoms with Gasteiger partial charge in [-0.3, -0.25) is 0 Å². The Hall–Kier alpha value is -0.860. The first-order valence-corrected chi connectivity index (χ1v) is 20.4.